The summed E-state index contributed by atoms with van der Waals surface area (Å²) in [5, 5.41) is 3.36. The van der Waals surface area contributed by atoms with E-state index in [1.807, 2.05) is 0 Å². The van der Waals surface area contributed by atoms with Crippen LogP contribution in [0.15, 0.2) is 42.5 Å². The lowest BCUT2D eigenvalue weighted by atomic mass is 10.1. The molecule has 16 heavy (non-hydrogen) atoms. The van der Waals surface area contributed by atoms with Gasteiger partial charge in [0.25, 0.3) is 0 Å². The van der Waals surface area contributed by atoms with Gasteiger partial charge in [0, 0.05) is 12.2 Å². The van der Waals surface area contributed by atoms with E-state index in [1.54, 1.807) is 0 Å². The van der Waals surface area contributed by atoms with Gasteiger partial charge in [0.1, 0.15) is 0 Å². The number of anilines is 1. The van der Waals surface area contributed by atoms with Crippen LogP contribution in [-0.2, 0) is 6.42 Å². The monoisotopic (exact) mass is 209 g/mol. The van der Waals surface area contributed by atoms with Crippen molar-refractivity contribution in [2.24, 2.45) is 0 Å². The third-order valence-corrected chi connectivity index (χ3v) is 3.17. The lowest BCUT2D eigenvalue weighted by Crippen LogP contribution is -1.96. The van der Waals surface area contributed by atoms with Crippen LogP contribution in [-0.4, -0.2) is 6.54 Å². The van der Waals surface area contributed by atoms with Crippen molar-refractivity contribution >= 4 is 5.69 Å². The van der Waals surface area contributed by atoms with Gasteiger partial charge < -0.3 is 5.32 Å². The molecule has 0 amide bonds. The van der Waals surface area contributed by atoms with E-state index in [1.165, 1.54) is 27.9 Å². The minimum atomic E-state index is 0.978. The maximum atomic E-state index is 3.36. The zero-order valence-corrected chi connectivity index (χ0v) is 9.46. The fourth-order valence-electron chi connectivity index (χ4n) is 2.46. The third kappa shape index (κ3) is 1.40. The van der Waals surface area contributed by atoms with Crippen molar-refractivity contribution in [1.82, 2.24) is 0 Å². The number of hydrogen-bond donors (Lipinski definition) is 1. The zero-order valence-electron chi connectivity index (χ0n) is 9.46. The maximum absolute atomic E-state index is 3.36. The maximum Gasteiger partial charge on any atom is 0.0343 e. The Bertz CT molecular complexity index is 529. The summed E-state index contributed by atoms with van der Waals surface area (Å²) in [4.78, 5) is 0. The lowest BCUT2D eigenvalue weighted by molar-refractivity contribution is 1.20. The fourth-order valence-corrected chi connectivity index (χ4v) is 2.46. The van der Waals surface area contributed by atoms with Crippen LogP contribution in [0.3, 0.4) is 0 Å². The Hall–Kier alpha value is -1.76. The van der Waals surface area contributed by atoms with Gasteiger partial charge in [0.15, 0.2) is 0 Å². The smallest absolute Gasteiger partial charge is 0.0343 e. The average Bonchev–Trinajstić information content (AvgIpc) is 2.67. The van der Waals surface area contributed by atoms with Crippen molar-refractivity contribution < 1.29 is 0 Å². The highest BCUT2D eigenvalue weighted by Gasteiger charge is 2.17. The number of hydrogen-bond acceptors (Lipinski definition) is 1. The molecule has 0 heterocycles. The van der Waals surface area contributed by atoms with Crippen molar-refractivity contribution in [1.29, 1.82) is 0 Å². The predicted octanol–water partition coefficient (Wildman–Crippen LogP) is 3.69. The van der Waals surface area contributed by atoms with Gasteiger partial charge in [-0.2, -0.15) is 0 Å². The summed E-state index contributed by atoms with van der Waals surface area (Å²) in [6, 6.07) is 15.4. The van der Waals surface area contributed by atoms with Gasteiger partial charge in [-0.15, -0.1) is 0 Å². The molecule has 0 aliphatic heterocycles. The molecule has 0 saturated heterocycles. The molecule has 1 aliphatic carbocycles. The van der Waals surface area contributed by atoms with E-state index in [0.717, 1.165) is 13.0 Å². The molecule has 1 heteroatoms. The summed E-state index contributed by atoms with van der Waals surface area (Å²) in [5.74, 6) is 0. The van der Waals surface area contributed by atoms with E-state index in [4.69, 9.17) is 0 Å². The van der Waals surface area contributed by atoms with Gasteiger partial charge in [0.2, 0.25) is 0 Å². The first-order chi connectivity index (χ1) is 7.88. The van der Waals surface area contributed by atoms with Crippen LogP contribution in [0.2, 0.25) is 0 Å². The van der Waals surface area contributed by atoms with E-state index in [9.17, 15) is 0 Å². The van der Waals surface area contributed by atoms with Gasteiger partial charge in [-0.25, -0.2) is 0 Å². The first-order valence-electron chi connectivity index (χ1n) is 5.83. The number of rotatable bonds is 2. The normalized spacial score (nSPS) is 12.1. The van der Waals surface area contributed by atoms with Gasteiger partial charge >= 0.3 is 0 Å². The summed E-state index contributed by atoms with van der Waals surface area (Å²) in [6.07, 6.45) is 1.07. The van der Waals surface area contributed by atoms with Crippen LogP contribution in [0.25, 0.3) is 11.1 Å². The summed E-state index contributed by atoms with van der Waals surface area (Å²) < 4.78 is 0. The van der Waals surface area contributed by atoms with Crippen molar-refractivity contribution in [3.05, 3.63) is 53.6 Å². The lowest BCUT2D eigenvalue weighted by Gasteiger charge is -2.06. The summed E-state index contributed by atoms with van der Waals surface area (Å²) in [6.45, 7) is 3.10. The molecule has 0 aromatic heterocycles. The van der Waals surface area contributed by atoms with Crippen molar-refractivity contribution in [2.45, 2.75) is 13.3 Å². The SMILES string of the molecule is CCNc1ccc2c(c1)Cc1ccccc1-2. The molecular weight excluding hydrogens is 194 g/mol. The Labute approximate surface area is 96.1 Å². The molecule has 3 rings (SSSR count). The Morgan fingerprint density at radius 2 is 1.81 bits per heavy atom. The molecule has 1 nitrogen and oxygen atoms in total. The summed E-state index contributed by atoms with van der Waals surface area (Å²) in [7, 11) is 0. The Balaban J connectivity index is 2.07. The molecular formula is C15H15N. The van der Waals surface area contributed by atoms with Gasteiger partial charge in [-0.05, 0) is 47.7 Å². The molecule has 1 N–H and O–H groups in total. The average molecular weight is 209 g/mol. The predicted molar refractivity (Wildman–Crippen MR) is 68.8 cm³/mol. The second kappa shape index (κ2) is 3.67. The molecule has 2 aromatic carbocycles. The van der Waals surface area contributed by atoms with Crippen LogP contribution < -0.4 is 5.32 Å². The standard InChI is InChI=1S/C15H15N/c1-2-16-13-7-8-15-12(10-13)9-11-5-3-4-6-14(11)15/h3-8,10,16H,2,9H2,1H3. The van der Waals surface area contributed by atoms with Gasteiger partial charge in [0.05, 0.1) is 0 Å². The number of benzene rings is 2. The molecule has 80 valence electrons. The highest BCUT2D eigenvalue weighted by Crippen LogP contribution is 2.37. The quantitative estimate of drug-likeness (QED) is 0.678. The van der Waals surface area contributed by atoms with Crippen molar-refractivity contribution in [3.8, 4) is 11.1 Å². The van der Waals surface area contributed by atoms with Crippen LogP contribution >= 0.6 is 0 Å². The van der Waals surface area contributed by atoms with E-state index in [2.05, 4.69) is 54.7 Å². The number of nitrogens with one attached hydrogen (secondary N) is 1. The van der Waals surface area contributed by atoms with E-state index >= 15 is 0 Å². The highest BCUT2D eigenvalue weighted by molar-refractivity contribution is 5.78. The molecule has 0 fully saturated rings. The highest BCUT2D eigenvalue weighted by atomic mass is 14.8. The number of fused-ring (bicyclic) bond motifs is 3. The second-order valence-corrected chi connectivity index (χ2v) is 4.24. The first kappa shape index (κ1) is 9.46. The van der Waals surface area contributed by atoms with E-state index in [-0.39, 0.29) is 0 Å². The second-order valence-electron chi connectivity index (χ2n) is 4.24. The van der Waals surface area contributed by atoms with E-state index < -0.39 is 0 Å². The molecule has 0 radical (unpaired) electrons. The minimum Gasteiger partial charge on any atom is -0.385 e. The third-order valence-electron chi connectivity index (χ3n) is 3.17. The molecule has 0 bridgehead atoms. The fraction of sp³-hybridized carbons (Fsp3) is 0.200. The van der Waals surface area contributed by atoms with Gasteiger partial charge in [-0.1, -0.05) is 30.3 Å². The van der Waals surface area contributed by atoms with Crippen molar-refractivity contribution in [2.75, 3.05) is 11.9 Å². The molecule has 2 aromatic rings. The largest absolute Gasteiger partial charge is 0.385 e. The van der Waals surface area contributed by atoms with Crippen molar-refractivity contribution in [3.63, 3.8) is 0 Å². The Morgan fingerprint density at radius 3 is 2.69 bits per heavy atom. The first-order valence-corrected chi connectivity index (χ1v) is 5.83. The Morgan fingerprint density at radius 1 is 1.00 bits per heavy atom. The minimum absolute atomic E-state index is 0.978. The molecule has 0 spiro atoms. The van der Waals surface area contributed by atoms with E-state index in [0.29, 0.717) is 0 Å². The van der Waals surface area contributed by atoms with Crippen LogP contribution in [0.5, 0.6) is 0 Å². The van der Waals surface area contributed by atoms with Crippen LogP contribution in [0.4, 0.5) is 5.69 Å². The van der Waals surface area contributed by atoms with Crippen LogP contribution in [0.1, 0.15) is 18.1 Å². The topological polar surface area (TPSA) is 12.0 Å². The molecule has 0 saturated carbocycles. The van der Waals surface area contributed by atoms with Gasteiger partial charge in [-0.3, -0.25) is 0 Å². The zero-order chi connectivity index (χ0) is 11.0. The molecule has 1 aliphatic rings. The molecule has 0 atom stereocenters. The van der Waals surface area contributed by atoms with Crippen LogP contribution in [0, 0.1) is 0 Å². The summed E-state index contributed by atoms with van der Waals surface area (Å²) >= 11 is 0. The summed E-state index contributed by atoms with van der Waals surface area (Å²) in [5.41, 5.74) is 6.93. The molecule has 0 unspecified atom stereocenters. The Kier molecular flexibility index (Phi) is 2.17.